The second-order valence-corrected chi connectivity index (χ2v) is 11.4. The third-order valence-corrected chi connectivity index (χ3v) is 4.64. The molecule has 1 unspecified atom stereocenters. The number of benzene rings is 1. The van der Waals surface area contributed by atoms with Crippen LogP contribution >= 0.6 is 0 Å². The number of aliphatic hydroxyl groups excluding tert-OH is 1. The highest BCUT2D eigenvalue weighted by Crippen LogP contribution is 2.21. The summed E-state index contributed by atoms with van der Waals surface area (Å²) in [5.74, 6) is 1.29. The Bertz CT molecular complexity index is 327. The van der Waals surface area contributed by atoms with Crippen molar-refractivity contribution < 1.29 is 9.84 Å². The van der Waals surface area contributed by atoms with Crippen molar-refractivity contribution in [2.75, 3.05) is 13.7 Å². The minimum Gasteiger partial charge on any atom is -0.497 e. The lowest BCUT2D eigenvalue weighted by Crippen LogP contribution is -2.26. The van der Waals surface area contributed by atoms with Gasteiger partial charge in [0.05, 0.1) is 7.11 Å². The average Bonchev–Trinajstić information content (AvgIpc) is 2.27. The van der Waals surface area contributed by atoms with E-state index in [1.165, 1.54) is 11.6 Å². The lowest BCUT2D eigenvalue weighted by Gasteiger charge is -2.23. The second kappa shape index (κ2) is 6.22. The van der Waals surface area contributed by atoms with Crippen molar-refractivity contribution in [3.8, 4) is 5.75 Å². The molecule has 0 radical (unpaired) electrons. The first-order valence-electron chi connectivity index (χ1n) is 6.18. The molecule has 0 spiro atoms. The maximum absolute atomic E-state index is 9.45. The van der Waals surface area contributed by atoms with Crippen molar-refractivity contribution in [2.45, 2.75) is 32.1 Å². The van der Waals surface area contributed by atoms with E-state index in [0.29, 0.717) is 5.92 Å². The molecule has 0 fully saturated rings. The van der Waals surface area contributed by atoms with Crippen LogP contribution in [0.25, 0.3) is 0 Å². The zero-order valence-corrected chi connectivity index (χ0v) is 12.4. The van der Waals surface area contributed by atoms with E-state index in [2.05, 4.69) is 31.8 Å². The highest BCUT2D eigenvalue weighted by molar-refractivity contribution is 6.76. The van der Waals surface area contributed by atoms with E-state index in [-0.39, 0.29) is 6.61 Å². The first-order valence-corrected chi connectivity index (χ1v) is 9.89. The summed E-state index contributed by atoms with van der Waals surface area (Å²) >= 11 is 0. The molecule has 0 aliphatic heterocycles. The molecule has 0 aliphatic carbocycles. The Hall–Kier alpha value is -0.803. The lowest BCUT2D eigenvalue weighted by atomic mass is 10.0. The third kappa shape index (κ3) is 5.37. The molecule has 0 saturated heterocycles. The van der Waals surface area contributed by atoms with Crippen molar-refractivity contribution in [3.05, 3.63) is 29.8 Å². The van der Waals surface area contributed by atoms with E-state index >= 15 is 0 Å². The fourth-order valence-corrected chi connectivity index (χ4v) is 4.17. The predicted octanol–water partition coefficient (Wildman–Crippen LogP) is 3.18. The predicted molar refractivity (Wildman–Crippen MR) is 75.4 cm³/mol. The smallest absolute Gasteiger partial charge is 0.118 e. The minimum absolute atomic E-state index is 0.288. The van der Waals surface area contributed by atoms with Crippen molar-refractivity contribution in [1.29, 1.82) is 0 Å². The quantitative estimate of drug-likeness (QED) is 0.788. The van der Waals surface area contributed by atoms with E-state index in [0.717, 1.165) is 12.2 Å². The summed E-state index contributed by atoms with van der Waals surface area (Å²) in [5.41, 5.74) is 1.28. The summed E-state index contributed by atoms with van der Waals surface area (Å²) in [6, 6.07) is 9.32. The molecule has 1 aromatic rings. The molecule has 1 atom stereocenters. The number of ether oxygens (including phenoxy) is 1. The third-order valence-electron chi connectivity index (χ3n) is 2.84. The fraction of sp³-hybridized carbons (Fsp3) is 0.571. The topological polar surface area (TPSA) is 29.5 Å². The van der Waals surface area contributed by atoms with Crippen molar-refractivity contribution in [3.63, 3.8) is 0 Å². The standard InChI is InChI=1S/C14H24O2Si/c1-16-14-7-5-12(6-8-14)9-13(10-15)11-17(2,3)4/h5-8,13,15H,9-11H2,1-4H3. The van der Waals surface area contributed by atoms with Crippen LogP contribution in [-0.2, 0) is 6.42 Å². The van der Waals surface area contributed by atoms with Gasteiger partial charge < -0.3 is 9.84 Å². The highest BCUT2D eigenvalue weighted by atomic mass is 28.3. The first kappa shape index (κ1) is 14.3. The van der Waals surface area contributed by atoms with E-state index in [9.17, 15) is 5.11 Å². The molecule has 3 heteroatoms. The van der Waals surface area contributed by atoms with Crippen LogP contribution in [0.4, 0.5) is 0 Å². The second-order valence-electron chi connectivity index (χ2n) is 5.87. The molecular formula is C14H24O2Si. The minimum atomic E-state index is -1.10. The molecule has 1 N–H and O–H groups in total. The van der Waals surface area contributed by atoms with Gasteiger partial charge in [0, 0.05) is 14.7 Å². The largest absolute Gasteiger partial charge is 0.497 e. The average molecular weight is 252 g/mol. The van der Waals surface area contributed by atoms with E-state index in [1.807, 2.05) is 12.1 Å². The Morgan fingerprint density at radius 2 is 1.76 bits per heavy atom. The SMILES string of the molecule is COc1ccc(CC(CO)C[Si](C)(C)C)cc1. The summed E-state index contributed by atoms with van der Waals surface area (Å²) in [7, 11) is 0.580. The molecule has 0 amide bonds. The van der Waals surface area contributed by atoms with Gasteiger partial charge in [-0.05, 0) is 30.0 Å². The van der Waals surface area contributed by atoms with Gasteiger partial charge in [-0.15, -0.1) is 0 Å². The summed E-state index contributed by atoms with van der Waals surface area (Å²) in [4.78, 5) is 0. The number of methoxy groups -OCH3 is 1. The molecule has 0 saturated carbocycles. The van der Waals surface area contributed by atoms with Crippen LogP contribution < -0.4 is 4.74 Å². The van der Waals surface area contributed by atoms with Gasteiger partial charge >= 0.3 is 0 Å². The Kier molecular flexibility index (Phi) is 5.21. The fourth-order valence-electron chi connectivity index (χ4n) is 2.16. The Labute approximate surface area is 106 Å². The van der Waals surface area contributed by atoms with Crippen LogP contribution in [0.1, 0.15) is 5.56 Å². The molecular weight excluding hydrogens is 228 g/mol. The summed E-state index contributed by atoms with van der Waals surface area (Å²) in [5, 5.41) is 9.45. The van der Waals surface area contributed by atoms with Gasteiger partial charge in [0.15, 0.2) is 0 Å². The van der Waals surface area contributed by atoms with Gasteiger partial charge in [-0.3, -0.25) is 0 Å². The normalized spacial score (nSPS) is 13.5. The number of hydrogen-bond donors (Lipinski definition) is 1. The van der Waals surface area contributed by atoms with Crippen LogP contribution in [0.3, 0.4) is 0 Å². The zero-order valence-electron chi connectivity index (χ0n) is 11.4. The summed E-state index contributed by atoms with van der Waals surface area (Å²) < 4.78 is 5.14. The molecule has 0 bridgehead atoms. The monoisotopic (exact) mass is 252 g/mol. The van der Waals surface area contributed by atoms with Gasteiger partial charge in [-0.25, -0.2) is 0 Å². The number of aliphatic hydroxyl groups is 1. The maximum Gasteiger partial charge on any atom is 0.118 e. The molecule has 1 aromatic carbocycles. The molecule has 0 aliphatic rings. The molecule has 1 rings (SSSR count). The first-order chi connectivity index (χ1) is 7.94. The Morgan fingerprint density at radius 1 is 1.18 bits per heavy atom. The van der Waals surface area contributed by atoms with Gasteiger partial charge in [0.25, 0.3) is 0 Å². The van der Waals surface area contributed by atoms with Crippen molar-refractivity contribution in [2.24, 2.45) is 5.92 Å². The highest BCUT2D eigenvalue weighted by Gasteiger charge is 2.20. The Morgan fingerprint density at radius 3 is 2.18 bits per heavy atom. The van der Waals surface area contributed by atoms with E-state index in [1.54, 1.807) is 7.11 Å². The van der Waals surface area contributed by atoms with Gasteiger partial charge in [-0.1, -0.05) is 37.8 Å². The molecule has 17 heavy (non-hydrogen) atoms. The Balaban J connectivity index is 2.61. The molecule has 2 nitrogen and oxygen atoms in total. The number of rotatable bonds is 6. The van der Waals surface area contributed by atoms with Gasteiger partial charge in [0.2, 0.25) is 0 Å². The van der Waals surface area contributed by atoms with Crippen LogP contribution in [0.2, 0.25) is 25.7 Å². The van der Waals surface area contributed by atoms with Crippen molar-refractivity contribution in [1.82, 2.24) is 0 Å². The van der Waals surface area contributed by atoms with Crippen molar-refractivity contribution >= 4 is 8.07 Å². The molecule has 96 valence electrons. The molecule has 0 aromatic heterocycles. The molecule has 0 heterocycles. The van der Waals surface area contributed by atoms with Gasteiger partial charge in [0.1, 0.15) is 5.75 Å². The maximum atomic E-state index is 9.45. The number of hydrogen-bond acceptors (Lipinski definition) is 2. The van der Waals surface area contributed by atoms with E-state index < -0.39 is 8.07 Å². The summed E-state index contributed by atoms with van der Waals surface area (Å²) in [6.45, 7) is 7.34. The van der Waals surface area contributed by atoms with Crippen LogP contribution in [0, 0.1) is 5.92 Å². The van der Waals surface area contributed by atoms with E-state index in [4.69, 9.17) is 4.74 Å². The van der Waals surface area contributed by atoms with Crippen LogP contribution in [0.15, 0.2) is 24.3 Å². The lowest BCUT2D eigenvalue weighted by molar-refractivity contribution is 0.236. The van der Waals surface area contributed by atoms with Gasteiger partial charge in [-0.2, -0.15) is 0 Å². The zero-order chi connectivity index (χ0) is 12.9. The van der Waals surface area contributed by atoms with Crippen LogP contribution in [0.5, 0.6) is 5.75 Å². The van der Waals surface area contributed by atoms with Crippen LogP contribution in [-0.4, -0.2) is 26.9 Å². The summed E-state index contributed by atoms with van der Waals surface area (Å²) in [6.07, 6.45) is 0.963.